The smallest absolute Gasteiger partial charge is 0.261 e. The molecule has 1 atom stereocenters. The molecule has 0 aliphatic heterocycles. The molecule has 0 fully saturated rings. The molecule has 1 amide bonds. The van der Waals surface area contributed by atoms with Crippen molar-refractivity contribution >= 4 is 15.9 Å². The van der Waals surface area contributed by atoms with Gasteiger partial charge in [0.1, 0.15) is 18.4 Å². The lowest BCUT2D eigenvalue weighted by molar-refractivity contribution is -0.131. The third kappa shape index (κ3) is 6.39. The monoisotopic (exact) mass is 402 g/mol. The summed E-state index contributed by atoms with van der Waals surface area (Å²) in [6, 6.07) is 14.0. The van der Waals surface area contributed by atoms with E-state index in [9.17, 15) is 13.2 Å². The topological polar surface area (TPSA) is 105 Å². The molecule has 2 aromatic carbocycles. The van der Waals surface area contributed by atoms with Gasteiger partial charge in [0.2, 0.25) is 10.0 Å². The molecule has 2 rings (SSSR count). The fraction of sp³-hybridized carbons (Fsp3) is 0.250. The Morgan fingerprint density at radius 1 is 1.14 bits per heavy atom. The van der Waals surface area contributed by atoms with Crippen molar-refractivity contribution in [1.82, 2.24) is 10.2 Å². The average molecular weight is 402 g/mol. The highest BCUT2D eigenvalue weighted by Gasteiger charge is 2.25. The van der Waals surface area contributed by atoms with Crippen LogP contribution in [0.3, 0.4) is 0 Å². The molecule has 0 aromatic heterocycles. The first kappa shape index (κ1) is 21.4. The van der Waals surface area contributed by atoms with Crippen LogP contribution in [0.4, 0.5) is 0 Å². The second-order valence-corrected chi connectivity index (χ2v) is 7.58. The van der Waals surface area contributed by atoms with Crippen LogP contribution in [0.2, 0.25) is 0 Å². The Labute approximate surface area is 164 Å². The summed E-state index contributed by atoms with van der Waals surface area (Å²) < 4.78 is 32.9. The molecule has 8 heteroatoms. The number of rotatable bonds is 9. The summed E-state index contributed by atoms with van der Waals surface area (Å²) in [5.41, 5.74) is 2.47. The molecule has 7 nitrogen and oxygen atoms in total. The van der Waals surface area contributed by atoms with Gasteiger partial charge in [0, 0.05) is 0 Å². The fourth-order valence-electron chi connectivity index (χ4n) is 2.44. The molecule has 28 heavy (non-hydrogen) atoms. The van der Waals surface area contributed by atoms with Crippen molar-refractivity contribution in [2.75, 3.05) is 6.61 Å². The summed E-state index contributed by atoms with van der Waals surface area (Å²) in [4.78, 5) is 11.9. The molecule has 0 aliphatic carbocycles. The van der Waals surface area contributed by atoms with Crippen LogP contribution in [-0.2, 0) is 21.2 Å². The predicted octanol–water partition coefficient (Wildman–Crippen LogP) is 1.87. The van der Waals surface area contributed by atoms with Crippen molar-refractivity contribution in [2.24, 2.45) is 0 Å². The first-order chi connectivity index (χ1) is 13.5. The Kier molecular flexibility index (Phi) is 8.02. The lowest BCUT2D eigenvalue weighted by atomic mass is 10.1. The van der Waals surface area contributed by atoms with Crippen molar-refractivity contribution in [2.45, 2.75) is 30.7 Å². The third-order valence-corrected chi connectivity index (χ3v) is 5.40. The van der Waals surface area contributed by atoms with Gasteiger partial charge in [0.05, 0.1) is 4.90 Å². The Morgan fingerprint density at radius 3 is 2.43 bits per heavy atom. The number of sulfonamides is 1. The Balaban J connectivity index is 2.08. The van der Waals surface area contributed by atoms with E-state index in [4.69, 9.17) is 9.94 Å². The number of amides is 1. The quantitative estimate of drug-likeness (QED) is 0.337. The van der Waals surface area contributed by atoms with Crippen molar-refractivity contribution in [3.63, 3.8) is 0 Å². The zero-order chi connectivity index (χ0) is 20.4. The summed E-state index contributed by atoms with van der Waals surface area (Å²) in [6.07, 6.45) is 0.652. The van der Waals surface area contributed by atoms with E-state index in [1.54, 1.807) is 6.92 Å². The van der Waals surface area contributed by atoms with E-state index in [1.165, 1.54) is 29.7 Å². The summed E-state index contributed by atoms with van der Waals surface area (Å²) in [5.74, 6) is 5.10. The molecule has 0 saturated heterocycles. The number of aryl methyl sites for hydroxylation is 1. The number of ether oxygens (including phenoxy) is 1. The minimum absolute atomic E-state index is 0.0168. The van der Waals surface area contributed by atoms with Crippen LogP contribution in [-0.4, -0.2) is 32.2 Å². The van der Waals surface area contributed by atoms with Gasteiger partial charge in [-0.2, -0.15) is 4.72 Å². The van der Waals surface area contributed by atoms with Gasteiger partial charge in [0.25, 0.3) is 5.91 Å². The van der Waals surface area contributed by atoms with Gasteiger partial charge in [-0.1, -0.05) is 36.3 Å². The maximum Gasteiger partial charge on any atom is 0.261 e. The Morgan fingerprint density at radius 2 is 1.82 bits per heavy atom. The highest BCUT2D eigenvalue weighted by atomic mass is 32.2. The number of nitrogens with one attached hydrogen (secondary N) is 2. The number of carbonyl (C=O) groups excluding carboxylic acids is 1. The zero-order valence-corrected chi connectivity index (χ0v) is 16.2. The van der Waals surface area contributed by atoms with Crippen LogP contribution in [0.15, 0.2) is 59.5 Å². The fourth-order valence-corrected chi connectivity index (χ4v) is 3.67. The van der Waals surface area contributed by atoms with Gasteiger partial charge >= 0.3 is 0 Å². The first-order valence-electron chi connectivity index (χ1n) is 8.59. The van der Waals surface area contributed by atoms with Crippen LogP contribution >= 0.6 is 0 Å². The van der Waals surface area contributed by atoms with Gasteiger partial charge in [-0.3, -0.25) is 10.0 Å². The van der Waals surface area contributed by atoms with E-state index in [0.29, 0.717) is 12.2 Å². The molecule has 148 valence electrons. The van der Waals surface area contributed by atoms with Gasteiger partial charge in [-0.25, -0.2) is 13.9 Å². The molecule has 0 radical (unpaired) electrons. The molecule has 0 unspecified atom stereocenters. The SMILES string of the molecule is CC#CCOc1ccc(S(=O)(=O)N[C@H](CCc2ccccc2)C(=O)NO)cc1. The lowest BCUT2D eigenvalue weighted by Crippen LogP contribution is -2.46. The second-order valence-electron chi connectivity index (χ2n) is 5.86. The highest BCUT2D eigenvalue weighted by Crippen LogP contribution is 2.17. The number of hydrogen-bond acceptors (Lipinski definition) is 5. The van der Waals surface area contributed by atoms with Gasteiger partial charge in [0.15, 0.2) is 0 Å². The standard InChI is InChI=1S/C20H22N2O5S/c1-2-3-15-27-17-10-12-18(13-11-17)28(25,26)22-19(20(23)21-24)14-9-16-7-5-4-6-8-16/h4-8,10-13,19,22,24H,9,14-15H2,1H3,(H,21,23)/t19-/m1/s1. The van der Waals surface area contributed by atoms with Crippen molar-refractivity contribution in [3.8, 4) is 17.6 Å². The van der Waals surface area contributed by atoms with Crippen LogP contribution in [0, 0.1) is 11.8 Å². The maximum absolute atomic E-state index is 12.6. The zero-order valence-electron chi connectivity index (χ0n) is 15.4. The van der Waals surface area contributed by atoms with E-state index in [-0.39, 0.29) is 17.9 Å². The van der Waals surface area contributed by atoms with E-state index >= 15 is 0 Å². The van der Waals surface area contributed by atoms with E-state index < -0.39 is 22.0 Å². The molecular formula is C20H22N2O5S. The third-order valence-electron chi connectivity index (χ3n) is 3.91. The normalized spacial score (nSPS) is 11.8. The summed E-state index contributed by atoms with van der Waals surface area (Å²) in [7, 11) is -3.97. The van der Waals surface area contributed by atoms with E-state index in [0.717, 1.165) is 5.56 Å². The van der Waals surface area contributed by atoms with Gasteiger partial charge in [-0.05, 0) is 49.6 Å². The molecule has 2 aromatic rings. The maximum atomic E-state index is 12.6. The largest absolute Gasteiger partial charge is 0.481 e. The molecule has 0 aliphatic rings. The summed E-state index contributed by atoms with van der Waals surface area (Å²) >= 11 is 0. The highest BCUT2D eigenvalue weighted by molar-refractivity contribution is 7.89. The number of hydroxylamine groups is 1. The Bertz CT molecular complexity index is 932. The van der Waals surface area contributed by atoms with Gasteiger partial charge in [-0.15, -0.1) is 5.92 Å². The molecule has 3 N–H and O–H groups in total. The average Bonchev–Trinajstić information content (AvgIpc) is 2.72. The van der Waals surface area contributed by atoms with Crippen LogP contribution < -0.4 is 14.9 Å². The molecular weight excluding hydrogens is 380 g/mol. The summed E-state index contributed by atoms with van der Waals surface area (Å²) in [6.45, 7) is 1.90. The lowest BCUT2D eigenvalue weighted by Gasteiger charge is -2.17. The minimum atomic E-state index is -3.97. The Hall–Kier alpha value is -2.86. The van der Waals surface area contributed by atoms with E-state index in [1.807, 2.05) is 30.3 Å². The van der Waals surface area contributed by atoms with E-state index in [2.05, 4.69) is 16.6 Å². The molecule has 0 heterocycles. The van der Waals surface area contributed by atoms with Crippen LogP contribution in [0.1, 0.15) is 18.9 Å². The second kappa shape index (κ2) is 10.5. The van der Waals surface area contributed by atoms with Crippen molar-refractivity contribution in [1.29, 1.82) is 0 Å². The predicted molar refractivity (Wildman–Crippen MR) is 104 cm³/mol. The molecule has 0 bridgehead atoms. The number of carbonyl (C=O) groups is 1. The number of hydrogen-bond donors (Lipinski definition) is 3. The molecule has 0 saturated carbocycles. The van der Waals surface area contributed by atoms with Crippen molar-refractivity contribution < 1.29 is 23.2 Å². The minimum Gasteiger partial charge on any atom is -0.481 e. The van der Waals surface area contributed by atoms with Crippen LogP contribution in [0.5, 0.6) is 5.75 Å². The van der Waals surface area contributed by atoms with Gasteiger partial charge < -0.3 is 4.74 Å². The first-order valence-corrected chi connectivity index (χ1v) is 10.1. The van der Waals surface area contributed by atoms with Crippen molar-refractivity contribution in [3.05, 3.63) is 60.2 Å². The number of benzene rings is 2. The molecule has 0 spiro atoms. The van der Waals surface area contributed by atoms with Crippen LogP contribution in [0.25, 0.3) is 0 Å². The summed E-state index contributed by atoms with van der Waals surface area (Å²) in [5, 5.41) is 8.95.